The van der Waals surface area contributed by atoms with Crippen LogP contribution in [0.3, 0.4) is 0 Å². The Balaban J connectivity index is 1.95. The predicted octanol–water partition coefficient (Wildman–Crippen LogP) is 2.39. The highest BCUT2D eigenvalue weighted by atomic mass is 19.1. The van der Waals surface area contributed by atoms with Gasteiger partial charge in [0.1, 0.15) is 5.82 Å². The molecule has 1 heterocycles. The van der Waals surface area contributed by atoms with Crippen LogP contribution in [0.15, 0.2) is 18.2 Å². The van der Waals surface area contributed by atoms with Crippen molar-refractivity contribution in [1.29, 1.82) is 0 Å². The molecule has 1 aliphatic heterocycles. The molecule has 17 heavy (non-hydrogen) atoms. The molecule has 0 amide bonds. The summed E-state index contributed by atoms with van der Waals surface area (Å²) in [5.41, 5.74) is 1.07. The SMILES string of the molecule is OC1(C2CCCOC2)CCc2cc(F)ccc21. The van der Waals surface area contributed by atoms with Crippen LogP contribution in [0.1, 0.15) is 30.4 Å². The van der Waals surface area contributed by atoms with Gasteiger partial charge in [0, 0.05) is 12.5 Å². The average molecular weight is 236 g/mol. The van der Waals surface area contributed by atoms with Crippen LogP contribution in [-0.4, -0.2) is 18.3 Å². The topological polar surface area (TPSA) is 29.5 Å². The van der Waals surface area contributed by atoms with Crippen LogP contribution < -0.4 is 0 Å². The normalized spacial score (nSPS) is 32.5. The molecule has 0 spiro atoms. The number of halogens is 1. The van der Waals surface area contributed by atoms with Gasteiger partial charge in [0.15, 0.2) is 0 Å². The number of aryl methyl sites for hydroxylation is 1. The molecule has 92 valence electrons. The molecule has 3 rings (SSSR count). The molecule has 1 aliphatic carbocycles. The van der Waals surface area contributed by atoms with Crippen LogP contribution in [0, 0.1) is 11.7 Å². The van der Waals surface area contributed by atoms with E-state index in [1.165, 1.54) is 6.07 Å². The Kier molecular flexibility index (Phi) is 2.68. The fourth-order valence-corrected chi connectivity index (χ4v) is 3.19. The molecule has 2 nitrogen and oxygen atoms in total. The van der Waals surface area contributed by atoms with Gasteiger partial charge in [-0.25, -0.2) is 4.39 Å². The van der Waals surface area contributed by atoms with E-state index in [1.54, 1.807) is 12.1 Å². The molecule has 2 atom stereocenters. The van der Waals surface area contributed by atoms with E-state index in [-0.39, 0.29) is 11.7 Å². The first-order valence-corrected chi connectivity index (χ1v) is 6.29. The number of fused-ring (bicyclic) bond motifs is 1. The number of ether oxygens (including phenoxy) is 1. The van der Waals surface area contributed by atoms with Gasteiger partial charge in [-0.3, -0.25) is 0 Å². The van der Waals surface area contributed by atoms with Gasteiger partial charge in [-0.2, -0.15) is 0 Å². The first kappa shape index (κ1) is 11.2. The second-order valence-electron chi connectivity index (χ2n) is 5.14. The van der Waals surface area contributed by atoms with Crippen molar-refractivity contribution in [2.24, 2.45) is 5.92 Å². The minimum Gasteiger partial charge on any atom is -0.385 e. The third-order valence-corrected chi connectivity index (χ3v) is 4.14. The zero-order chi connectivity index (χ0) is 11.9. The summed E-state index contributed by atoms with van der Waals surface area (Å²) in [7, 11) is 0. The summed E-state index contributed by atoms with van der Waals surface area (Å²) in [4.78, 5) is 0. The van der Waals surface area contributed by atoms with Gasteiger partial charge < -0.3 is 9.84 Å². The molecular weight excluding hydrogens is 219 g/mol. The Morgan fingerprint density at radius 3 is 3.06 bits per heavy atom. The highest BCUT2D eigenvalue weighted by Crippen LogP contribution is 2.45. The summed E-state index contributed by atoms with van der Waals surface area (Å²) in [6.45, 7) is 1.41. The van der Waals surface area contributed by atoms with Crippen LogP contribution in [0.5, 0.6) is 0 Å². The summed E-state index contributed by atoms with van der Waals surface area (Å²) in [6, 6.07) is 4.74. The van der Waals surface area contributed by atoms with Gasteiger partial charge in [-0.1, -0.05) is 6.07 Å². The average Bonchev–Trinajstić information content (AvgIpc) is 2.69. The predicted molar refractivity (Wildman–Crippen MR) is 62.2 cm³/mol. The quantitative estimate of drug-likeness (QED) is 0.811. The van der Waals surface area contributed by atoms with Gasteiger partial charge in [0.05, 0.1) is 12.2 Å². The molecule has 2 unspecified atom stereocenters. The first-order valence-electron chi connectivity index (χ1n) is 6.29. The van der Waals surface area contributed by atoms with Crippen LogP contribution >= 0.6 is 0 Å². The number of hydrogen-bond donors (Lipinski definition) is 1. The molecule has 0 bridgehead atoms. The van der Waals surface area contributed by atoms with Crippen molar-refractivity contribution in [2.75, 3.05) is 13.2 Å². The summed E-state index contributed by atoms with van der Waals surface area (Å²) in [5, 5.41) is 10.9. The van der Waals surface area contributed by atoms with Gasteiger partial charge >= 0.3 is 0 Å². The smallest absolute Gasteiger partial charge is 0.123 e. The number of hydrogen-bond acceptors (Lipinski definition) is 2. The fraction of sp³-hybridized carbons (Fsp3) is 0.571. The van der Waals surface area contributed by atoms with Crippen molar-refractivity contribution < 1.29 is 14.2 Å². The molecule has 0 radical (unpaired) electrons. The van der Waals surface area contributed by atoms with E-state index in [2.05, 4.69) is 0 Å². The van der Waals surface area contributed by atoms with Crippen molar-refractivity contribution in [1.82, 2.24) is 0 Å². The number of benzene rings is 1. The van der Waals surface area contributed by atoms with E-state index < -0.39 is 5.60 Å². The Bertz CT molecular complexity index is 426. The maximum atomic E-state index is 13.1. The highest BCUT2D eigenvalue weighted by Gasteiger charge is 2.44. The maximum absolute atomic E-state index is 13.1. The summed E-state index contributed by atoms with van der Waals surface area (Å²) in [5.74, 6) is -0.0594. The lowest BCUT2D eigenvalue weighted by Gasteiger charge is -2.36. The molecule has 2 aliphatic rings. The van der Waals surface area contributed by atoms with Gasteiger partial charge in [0.2, 0.25) is 0 Å². The molecule has 1 saturated heterocycles. The zero-order valence-electron chi connectivity index (χ0n) is 9.79. The molecular formula is C14H17FO2. The summed E-state index contributed by atoms with van der Waals surface area (Å²) in [6.07, 6.45) is 3.46. The van der Waals surface area contributed by atoms with E-state index in [0.717, 1.165) is 37.0 Å². The van der Waals surface area contributed by atoms with Crippen LogP contribution in [0.2, 0.25) is 0 Å². The van der Waals surface area contributed by atoms with Crippen molar-refractivity contribution >= 4 is 0 Å². The van der Waals surface area contributed by atoms with Crippen molar-refractivity contribution in [3.05, 3.63) is 35.1 Å². The summed E-state index contributed by atoms with van der Waals surface area (Å²) < 4.78 is 18.6. The minimum absolute atomic E-state index is 0.156. The van der Waals surface area contributed by atoms with E-state index in [9.17, 15) is 9.50 Å². The Labute approximate surface area is 100 Å². The summed E-state index contributed by atoms with van der Waals surface area (Å²) >= 11 is 0. The largest absolute Gasteiger partial charge is 0.385 e. The molecule has 3 heteroatoms. The third kappa shape index (κ3) is 1.78. The number of rotatable bonds is 1. The second kappa shape index (κ2) is 4.07. The maximum Gasteiger partial charge on any atom is 0.123 e. The van der Waals surface area contributed by atoms with E-state index in [0.29, 0.717) is 13.0 Å². The lowest BCUT2D eigenvalue weighted by molar-refractivity contribution is -0.0828. The van der Waals surface area contributed by atoms with Crippen molar-refractivity contribution in [3.63, 3.8) is 0 Å². The highest BCUT2D eigenvalue weighted by molar-refractivity contribution is 5.38. The molecule has 0 aromatic heterocycles. The standard InChI is InChI=1S/C14H17FO2/c15-12-3-4-13-10(8-12)5-6-14(13,16)11-2-1-7-17-9-11/h3-4,8,11,16H,1-2,5-7,9H2. The zero-order valence-corrected chi connectivity index (χ0v) is 9.79. The number of aliphatic hydroxyl groups is 1. The van der Waals surface area contributed by atoms with Gasteiger partial charge in [-0.05, 0) is 48.9 Å². The van der Waals surface area contributed by atoms with E-state index >= 15 is 0 Å². The Morgan fingerprint density at radius 1 is 1.41 bits per heavy atom. The van der Waals surface area contributed by atoms with Crippen LogP contribution in [0.4, 0.5) is 4.39 Å². The lowest BCUT2D eigenvalue weighted by atomic mass is 9.79. The molecule has 1 fully saturated rings. The lowest BCUT2D eigenvalue weighted by Crippen LogP contribution is -2.38. The van der Waals surface area contributed by atoms with E-state index in [4.69, 9.17) is 4.74 Å². The first-order chi connectivity index (χ1) is 8.20. The molecule has 0 saturated carbocycles. The minimum atomic E-state index is -0.802. The van der Waals surface area contributed by atoms with Crippen molar-refractivity contribution in [3.8, 4) is 0 Å². The Morgan fingerprint density at radius 2 is 2.29 bits per heavy atom. The van der Waals surface area contributed by atoms with Gasteiger partial charge in [0.25, 0.3) is 0 Å². The molecule has 1 N–H and O–H groups in total. The van der Waals surface area contributed by atoms with Crippen molar-refractivity contribution in [2.45, 2.75) is 31.3 Å². The molecule has 1 aromatic rings. The van der Waals surface area contributed by atoms with Crippen LogP contribution in [0.25, 0.3) is 0 Å². The monoisotopic (exact) mass is 236 g/mol. The molecule has 1 aromatic carbocycles. The fourth-order valence-electron chi connectivity index (χ4n) is 3.19. The van der Waals surface area contributed by atoms with E-state index in [1.807, 2.05) is 0 Å². The van der Waals surface area contributed by atoms with Crippen LogP contribution in [-0.2, 0) is 16.8 Å². The van der Waals surface area contributed by atoms with Gasteiger partial charge in [-0.15, -0.1) is 0 Å². The second-order valence-corrected chi connectivity index (χ2v) is 5.14. The third-order valence-electron chi connectivity index (χ3n) is 4.14. The Hall–Kier alpha value is -0.930.